The van der Waals surface area contributed by atoms with E-state index in [4.69, 9.17) is 4.74 Å². The van der Waals surface area contributed by atoms with Crippen molar-refractivity contribution in [2.24, 2.45) is 16.3 Å². The molecule has 6 heteroatoms. The van der Waals surface area contributed by atoms with Crippen LogP contribution in [0.5, 0.6) is 0 Å². The molecule has 29 heavy (non-hydrogen) atoms. The zero-order valence-electron chi connectivity index (χ0n) is 18.1. The molecule has 0 amide bonds. The van der Waals surface area contributed by atoms with Gasteiger partial charge in [-0.3, -0.25) is 9.89 Å². The van der Waals surface area contributed by atoms with Gasteiger partial charge in [0, 0.05) is 56.7 Å². The SMILES string of the molecule is CN=C(NC1CCN(Cc2ccccc2)CC1)NC1C2CCCOC2C1(C)C.I. The fourth-order valence-corrected chi connectivity index (χ4v) is 5.40. The number of piperidine rings is 1. The summed E-state index contributed by atoms with van der Waals surface area (Å²) in [7, 11) is 1.89. The quantitative estimate of drug-likeness (QED) is 0.368. The van der Waals surface area contributed by atoms with Gasteiger partial charge in [0.05, 0.1) is 6.10 Å². The maximum absolute atomic E-state index is 6.04. The van der Waals surface area contributed by atoms with Crippen LogP contribution in [-0.2, 0) is 11.3 Å². The number of nitrogens with zero attached hydrogens (tertiary/aromatic N) is 2. The Hall–Kier alpha value is -0.860. The van der Waals surface area contributed by atoms with Gasteiger partial charge < -0.3 is 15.4 Å². The Balaban J connectivity index is 0.00000240. The number of aliphatic imine (C=N–C) groups is 1. The highest BCUT2D eigenvalue weighted by atomic mass is 127. The Morgan fingerprint density at radius 3 is 2.55 bits per heavy atom. The van der Waals surface area contributed by atoms with Crippen LogP contribution in [0, 0.1) is 11.3 Å². The van der Waals surface area contributed by atoms with Gasteiger partial charge >= 0.3 is 0 Å². The third-order valence-electron chi connectivity index (χ3n) is 7.02. The van der Waals surface area contributed by atoms with Gasteiger partial charge in [0.2, 0.25) is 0 Å². The molecule has 3 atom stereocenters. The molecular weight excluding hydrogens is 475 g/mol. The van der Waals surface area contributed by atoms with E-state index in [1.54, 1.807) is 0 Å². The number of ether oxygens (including phenoxy) is 1. The van der Waals surface area contributed by atoms with Crippen molar-refractivity contribution < 1.29 is 4.74 Å². The molecule has 5 nitrogen and oxygen atoms in total. The maximum Gasteiger partial charge on any atom is 0.191 e. The van der Waals surface area contributed by atoms with Crippen LogP contribution in [-0.4, -0.2) is 55.8 Å². The first-order chi connectivity index (χ1) is 13.6. The average Bonchev–Trinajstić information content (AvgIpc) is 2.73. The summed E-state index contributed by atoms with van der Waals surface area (Å²) in [6.07, 6.45) is 5.17. The Kier molecular flexibility index (Phi) is 7.84. The molecule has 2 N–H and O–H groups in total. The van der Waals surface area contributed by atoms with Crippen LogP contribution in [0.3, 0.4) is 0 Å². The number of fused-ring (bicyclic) bond motifs is 1. The van der Waals surface area contributed by atoms with Crippen molar-refractivity contribution in [3.8, 4) is 0 Å². The fourth-order valence-electron chi connectivity index (χ4n) is 5.40. The highest BCUT2D eigenvalue weighted by Crippen LogP contribution is 2.51. The monoisotopic (exact) mass is 512 g/mol. The number of hydrogen-bond donors (Lipinski definition) is 2. The average molecular weight is 512 g/mol. The number of benzene rings is 1. The molecule has 1 aromatic rings. The first-order valence-corrected chi connectivity index (χ1v) is 11.0. The molecule has 162 valence electrons. The topological polar surface area (TPSA) is 48.9 Å². The number of likely N-dealkylation sites (tertiary alicyclic amines) is 1. The number of guanidine groups is 1. The highest BCUT2D eigenvalue weighted by molar-refractivity contribution is 14.0. The van der Waals surface area contributed by atoms with Gasteiger partial charge in [0.25, 0.3) is 0 Å². The number of halogens is 1. The summed E-state index contributed by atoms with van der Waals surface area (Å²) in [6.45, 7) is 8.90. The lowest BCUT2D eigenvalue weighted by Crippen LogP contribution is -2.71. The molecule has 0 bridgehead atoms. The van der Waals surface area contributed by atoms with Crippen LogP contribution in [0.1, 0.15) is 45.1 Å². The maximum atomic E-state index is 6.04. The zero-order valence-corrected chi connectivity index (χ0v) is 20.4. The second kappa shape index (κ2) is 9.96. The van der Waals surface area contributed by atoms with E-state index in [0.717, 1.165) is 45.0 Å². The smallest absolute Gasteiger partial charge is 0.191 e. The van der Waals surface area contributed by atoms with Crippen LogP contribution < -0.4 is 10.6 Å². The lowest BCUT2D eigenvalue weighted by molar-refractivity contribution is -0.188. The summed E-state index contributed by atoms with van der Waals surface area (Å²) >= 11 is 0. The van der Waals surface area contributed by atoms with Crippen molar-refractivity contribution in [1.29, 1.82) is 0 Å². The molecule has 2 saturated heterocycles. The standard InChI is InChI=1S/C23H36N4O.HI/c1-23(2)20(19-10-7-15-28-21(19)23)26-22(24-3)25-18-11-13-27(14-12-18)16-17-8-5-4-6-9-17;/h4-6,8-9,18-21H,7,10-16H2,1-3H3,(H2,24,25,26);1H. The molecule has 4 rings (SSSR count). The van der Waals surface area contributed by atoms with E-state index in [1.165, 1.54) is 18.4 Å². The number of hydrogen-bond acceptors (Lipinski definition) is 3. The van der Waals surface area contributed by atoms with Gasteiger partial charge in [-0.05, 0) is 31.2 Å². The molecule has 0 spiro atoms. The van der Waals surface area contributed by atoms with Crippen LogP contribution in [0.4, 0.5) is 0 Å². The minimum absolute atomic E-state index is 0. The molecule has 2 aliphatic heterocycles. The minimum Gasteiger partial charge on any atom is -0.377 e. The first kappa shape index (κ1) is 22.8. The van der Waals surface area contributed by atoms with E-state index in [2.05, 4.69) is 64.7 Å². The van der Waals surface area contributed by atoms with Crippen molar-refractivity contribution in [2.45, 2.75) is 64.3 Å². The third kappa shape index (κ3) is 5.07. The highest BCUT2D eigenvalue weighted by Gasteiger charge is 2.58. The van der Waals surface area contributed by atoms with E-state index in [-0.39, 0.29) is 29.4 Å². The summed E-state index contributed by atoms with van der Waals surface area (Å²) in [5, 5.41) is 7.43. The van der Waals surface area contributed by atoms with E-state index in [9.17, 15) is 0 Å². The largest absolute Gasteiger partial charge is 0.377 e. The Labute approximate surface area is 193 Å². The molecule has 1 aliphatic carbocycles. The Morgan fingerprint density at radius 1 is 1.14 bits per heavy atom. The molecule has 3 unspecified atom stereocenters. The van der Waals surface area contributed by atoms with Crippen LogP contribution in [0.2, 0.25) is 0 Å². The van der Waals surface area contributed by atoms with Crippen molar-refractivity contribution in [3.63, 3.8) is 0 Å². The molecule has 0 radical (unpaired) electrons. The molecule has 1 saturated carbocycles. The fraction of sp³-hybridized carbons (Fsp3) is 0.696. The van der Waals surface area contributed by atoms with Gasteiger partial charge in [-0.2, -0.15) is 0 Å². The second-order valence-electron chi connectivity index (χ2n) is 9.29. The molecule has 0 aromatic heterocycles. The first-order valence-electron chi connectivity index (χ1n) is 11.0. The molecule has 1 aromatic carbocycles. The van der Waals surface area contributed by atoms with Crippen LogP contribution in [0.25, 0.3) is 0 Å². The van der Waals surface area contributed by atoms with Gasteiger partial charge in [0.1, 0.15) is 0 Å². The van der Waals surface area contributed by atoms with Gasteiger partial charge in [-0.1, -0.05) is 44.2 Å². The van der Waals surface area contributed by atoms with E-state index >= 15 is 0 Å². The number of rotatable bonds is 4. The van der Waals surface area contributed by atoms with Crippen LogP contribution >= 0.6 is 24.0 Å². The lowest BCUT2D eigenvalue weighted by Gasteiger charge is -2.60. The van der Waals surface area contributed by atoms with Crippen molar-refractivity contribution in [2.75, 3.05) is 26.7 Å². The van der Waals surface area contributed by atoms with Gasteiger partial charge in [-0.15, -0.1) is 24.0 Å². The van der Waals surface area contributed by atoms with Crippen molar-refractivity contribution >= 4 is 29.9 Å². The Bertz CT molecular complexity index is 673. The summed E-state index contributed by atoms with van der Waals surface area (Å²) in [4.78, 5) is 7.09. The van der Waals surface area contributed by atoms with Gasteiger partial charge in [-0.25, -0.2) is 0 Å². The van der Waals surface area contributed by atoms with E-state index < -0.39 is 0 Å². The molecule has 3 aliphatic rings. The molecular formula is C23H37IN4O. The van der Waals surface area contributed by atoms with E-state index in [1.807, 2.05) is 7.05 Å². The lowest BCUT2D eigenvalue weighted by atomic mass is 9.55. The summed E-state index contributed by atoms with van der Waals surface area (Å²) < 4.78 is 6.04. The summed E-state index contributed by atoms with van der Waals surface area (Å²) in [6, 6.07) is 11.7. The molecule has 2 heterocycles. The number of nitrogens with one attached hydrogen (secondary N) is 2. The normalized spacial score (nSPS) is 29.9. The predicted octanol–water partition coefficient (Wildman–Crippen LogP) is 3.64. The van der Waals surface area contributed by atoms with Crippen molar-refractivity contribution in [1.82, 2.24) is 15.5 Å². The Morgan fingerprint density at radius 2 is 1.86 bits per heavy atom. The molecule has 3 fully saturated rings. The zero-order chi connectivity index (χ0) is 19.6. The predicted molar refractivity (Wildman–Crippen MR) is 130 cm³/mol. The van der Waals surface area contributed by atoms with Crippen LogP contribution in [0.15, 0.2) is 35.3 Å². The van der Waals surface area contributed by atoms with Gasteiger partial charge in [0.15, 0.2) is 5.96 Å². The minimum atomic E-state index is 0. The summed E-state index contributed by atoms with van der Waals surface area (Å²) in [5.74, 6) is 1.58. The summed E-state index contributed by atoms with van der Waals surface area (Å²) in [5.41, 5.74) is 1.57. The van der Waals surface area contributed by atoms with E-state index in [0.29, 0.717) is 24.1 Å². The second-order valence-corrected chi connectivity index (χ2v) is 9.29. The third-order valence-corrected chi connectivity index (χ3v) is 7.02. The van der Waals surface area contributed by atoms with Crippen molar-refractivity contribution in [3.05, 3.63) is 35.9 Å².